The summed E-state index contributed by atoms with van der Waals surface area (Å²) in [6.07, 6.45) is 2.49. The predicted molar refractivity (Wildman–Crippen MR) is 102 cm³/mol. The molecule has 1 aliphatic carbocycles. The maximum absolute atomic E-state index is 4.80. The number of hydrogen-bond acceptors (Lipinski definition) is 1. The van der Waals surface area contributed by atoms with E-state index in [0.717, 1.165) is 19.0 Å². The molecule has 3 nitrogen and oxygen atoms in total. The average Bonchev–Trinajstić information content (AvgIpc) is 3.17. The normalized spacial score (nSPS) is 16.9. The SMILES string of the molecule is CCNC(=NCC1(c2ccccc2)CC1)NC(C)(C)C.I. The number of aliphatic imine (C=N–C) groups is 1. The van der Waals surface area contributed by atoms with Crippen molar-refractivity contribution in [3.8, 4) is 0 Å². The van der Waals surface area contributed by atoms with Gasteiger partial charge >= 0.3 is 0 Å². The molecule has 0 aliphatic heterocycles. The van der Waals surface area contributed by atoms with Crippen LogP contribution < -0.4 is 10.6 Å². The fourth-order valence-electron chi connectivity index (χ4n) is 2.37. The summed E-state index contributed by atoms with van der Waals surface area (Å²) >= 11 is 0. The van der Waals surface area contributed by atoms with Crippen molar-refractivity contribution in [3.05, 3.63) is 35.9 Å². The molecule has 0 radical (unpaired) electrons. The number of guanidine groups is 1. The zero-order valence-electron chi connectivity index (χ0n) is 13.6. The van der Waals surface area contributed by atoms with E-state index in [1.54, 1.807) is 0 Å². The van der Waals surface area contributed by atoms with E-state index in [1.165, 1.54) is 18.4 Å². The van der Waals surface area contributed by atoms with Crippen LogP contribution in [0.5, 0.6) is 0 Å². The van der Waals surface area contributed by atoms with E-state index < -0.39 is 0 Å². The number of halogens is 1. The first-order chi connectivity index (χ1) is 9.45. The third-order valence-corrected chi connectivity index (χ3v) is 3.62. The van der Waals surface area contributed by atoms with Crippen molar-refractivity contribution in [2.24, 2.45) is 4.99 Å². The van der Waals surface area contributed by atoms with Gasteiger partial charge in [0.2, 0.25) is 0 Å². The van der Waals surface area contributed by atoms with Crippen LogP contribution >= 0.6 is 24.0 Å². The molecular weight excluding hydrogens is 373 g/mol. The van der Waals surface area contributed by atoms with Crippen LogP contribution in [0.4, 0.5) is 0 Å². The van der Waals surface area contributed by atoms with Crippen molar-refractivity contribution in [1.82, 2.24) is 10.6 Å². The third-order valence-electron chi connectivity index (χ3n) is 3.62. The van der Waals surface area contributed by atoms with Gasteiger partial charge in [0.15, 0.2) is 5.96 Å². The van der Waals surface area contributed by atoms with E-state index >= 15 is 0 Å². The molecule has 0 spiro atoms. The molecule has 0 unspecified atom stereocenters. The fraction of sp³-hybridized carbons (Fsp3) is 0.588. The highest BCUT2D eigenvalue weighted by atomic mass is 127. The zero-order valence-corrected chi connectivity index (χ0v) is 15.9. The second-order valence-corrected chi connectivity index (χ2v) is 6.72. The molecule has 1 fully saturated rings. The van der Waals surface area contributed by atoms with Gasteiger partial charge in [-0.25, -0.2) is 0 Å². The van der Waals surface area contributed by atoms with Gasteiger partial charge in [0.1, 0.15) is 0 Å². The molecule has 0 atom stereocenters. The zero-order chi connectivity index (χ0) is 14.6. The first kappa shape index (κ1) is 18.3. The Kier molecular flexibility index (Phi) is 6.50. The Morgan fingerprint density at radius 1 is 1.19 bits per heavy atom. The van der Waals surface area contributed by atoms with Crippen LogP contribution in [0.2, 0.25) is 0 Å². The summed E-state index contributed by atoms with van der Waals surface area (Å²) in [5.74, 6) is 0.919. The van der Waals surface area contributed by atoms with Gasteiger partial charge < -0.3 is 10.6 Å². The lowest BCUT2D eigenvalue weighted by Crippen LogP contribution is -2.47. The predicted octanol–water partition coefficient (Wildman–Crippen LogP) is 3.69. The van der Waals surface area contributed by atoms with Crippen molar-refractivity contribution in [2.45, 2.75) is 51.5 Å². The topological polar surface area (TPSA) is 36.4 Å². The summed E-state index contributed by atoms with van der Waals surface area (Å²) in [6, 6.07) is 10.8. The van der Waals surface area contributed by atoms with Crippen LogP contribution in [0.3, 0.4) is 0 Å². The van der Waals surface area contributed by atoms with Crippen LogP contribution in [0.25, 0.3) is 0 Å². The van der Waals surface area contributed by atoms with Crippen molar-refractivity contribution in [3.63, 3.8) is 0 Å². The van der Waals surface area contributed by atoms with Crippen LogP contribution in [0, 0.1) is 0 Å². The number of rotatable bonds is 4. The van der Waals surface area contributed by atoms with Gasteiger partial charge in [-0.3, -0.25) is 4.99 Å². The van der Waals surface area contributed by atoms with E-state index in [4.69, 9.17) is 4.99 Å². The van der Waals surface area contributed by atoms with E-state index in [1.807, 2.05) is 0 Å². The van der Waals surface area contributed by atoms with Crippen LogP contribution in [0.1, 0.15) is 46.1 Å². The fourth-order valence-corrected chi connectivity index (χ4v) is 2.37. The summed E-state index contributed by atoms with van der Waals surface area (Å²) in [7, 11) is 0. The Labute approximate surface area is 146 Å². The van der Waals surface area contributed by atoms with Gasteiger partial charge in [0.05, 0.1) is 6.54 Å². The lowest BCUT2D eigenvalue weighted by Gasteiger charge is -2.24. The molecule has 2 rings (SSSR count). The second kappa shape index (κ2) is 7.47. The first-order valence-electron chi connectivity index (χ1n) is 7.57. The number of benzene rings is 1. The third kappa shape index (κ3) is 5.49. The molecule has 4 heteroatoms. The van der Waals surface area contributed by atoms with Crippen LogP contribution in [0.15, 0.2) is 35.3 Å². The molecule has 1 aromatic carbocycles. The van der Waals surface area contributed by atoms with Gasteiger partial charge in [0, 0.05) is 17.5 Å². The quantitative estimate of drug-likeness (QED) is 0.459. The Hall–Kier alpha value is -0.780. The molecule has 1 saturated carbocycles. The minimum Gasteiger partial charge on any atom is -0.357 e. The first-order valence-corrected chi connectivity index (χ1v) is 7.57. The van der Waals surface area contributed by atoms with Gasteiger partial charge in [-0.15, -0.1) is 24.0 Å². The molecule has 0 heterocycles. The molecule has 1 aromatic rings. The summed E-state index contributed by atoms with van der Waals surface area (Å²) < 4.78 is 0. The van der Waals surface area contributed by atoms with Gasteiger partial charge in [-0.1, -0.05) is 30.3 Å². The van der Waals surface area contributed by atoms with E-state index in [-0.39, 0.29) is 34.9 Å². The summed E-state index contributed by atoms with van der Waals surface area (Å²) in [5, 5.41) is 6.78. The molecule has 1 aliphatic rings. The lowest BCUT2D eigenvalue weighted by molar-refractivity contribution is 0.500. The largest absolute Gasteiger partial charge is 0.357 e. The molecule has 0 amide bonds. The Bertz CT molecular complexity index is 459. The molecular formula is C17H28IN3. The molecule has 2 N–H and O–H groups in total. The van der Waals surface area contributed by atoms with Gasteiger partial charge in [-0.05, 0) is 46.1 Å². The van der Waals surface area contributed by atoms with E-state index in [2.05, 4.69) is 68.7 Å². The Balaban J connectivity index is 0.00000220. The molecule has 0 aromatic heterocycles. The van der Waals surface area contributed by atoms with Crippen molar-refractivity contribution >= 4 is 29.9 Å². The van der Waals surface area contributed by atoms with Crippen molar-refractivity contribution in [1.29, 1.82) is 0 Å². The average molecular weight is 401 g/mol. The molecule has 0 saturated heterocycles. The molecule has 21 heavy (non-hydrogen) atoms. The summed E-state index contributed by atoms with van der Waals surface area (Å²) in [6.45, 7) is 10.3. The smallest absolute Gasteiger partial charge is 0.191 e. The Morgan fingerprint density at radius 2 is 1.81 bits per heavy atom. The summed E-state index contributed by atoms with van der Waals surface area (Å²) in [5.41, 5.74) is 1.74. The van der Waals surface area contributed by atoms with E-state index in [9.17, 15) is 0 Å². The highest BCUT2D eigenvalue weighted by molar-refractivity contribution is 14.0. The second-order valence-electron chi connectivity index (χ2n) is 6.72. The number of nitrogens with one attached hydrogen (secondary N) is 2. The van der Waals surface area contributed by atoms with Crippen LogP contribution in [-0.4, -0.2) is 24.6 Å². The minimum absolute atomic E-state index is 0. The minimum atomic E-state index is 0. The van der Waals surface area contributed by atoms with E-state index in [0.29, 0.717) is 0 Å². The Morgan fingerprint density at radius 3 is 2.29 bits per heavy atom. The van der Waals surface area contributed by atoms with Crippen molar-refractivity contribution in [2.75, 3.05) is 13.1 Å². The van der Waals surface area contributed by atoms with Gasteiger partial charge in [-0.2, -0.15) is 0 Å². The molecule has 118 valence electrons. The van der Waals surface area contributed by atoms with Crippen molar-refractivity contribution < 1.29 is 0 Å². The highest BCUT2D eigenvalue weighted by Gasteiger charge is 2.44. The monoisotopic (exact) mass is 401 g/mol. The maximum Gasteiger partial charge on any atom is 0.191 e. The lowest BCUT2D eigenvalue weighted by atomic mass is 9.96. The highest BCUT2D eigenvalue weighted by Crippen LogP contribution is 2.48. The summed E-state index contributed by atoms with van der Waals surface area (Å²) in [4.78, 5) is 4.80. The van der Waals surface area contributed by atoms with Gasteiger partial charge in [0.25, 0.3) is 0 Å². The van der Waals surface area contributed by atoms with Crippen LogP contribution in [-0.2, 0) is 5.41 Å². The maximum atomic E-state index is 4.80. The number of hydrogen-bond donors (Lipinski definition) is 2. The molecule has 0 bridgehead atoms. The number of nitrogens with zero attached hydrogens (tertiary/aromatic N) is 1. The standard InChI is InChI=1S/C17H27N3.HI/c1-5-18-15(20-16(2,3)4)19-13-17(11-12-17)14-9-7-6-8-10-14;/h6-10H,5,11-13H2,1-4H3,(H2,18,19,20);1H.